The van der Waals surface area contributed by atoms with Crippen molar-refractivity contribution in [2.24, 2.45) is 4.99 Å². The molecule has 9 heteroatoms. The maximum atomic E-state index is 13.0. The standard InChI is InChI=1S/C20H19ClF3N3O2/c21-15-8-6-13(7-9-15)18(28)27-19(25-12-17-5-2-10-29-17)26-16-4-1-3-14(11-16)20(22,23)24/h1,3-4,6-9,11,17H,2,5,10,12H2,(H2,25,26,27,28)/t17-/m0/s1. The van der Waals surface area contributed by atoms with Crippen molar-refractivity contribution in [3.63, 3.8) is 0 Å². The summed E-state index contributed by atoms with van der Waals surface area (Å²) in [6.45, 7) is 0.926. The predicted molar refractivity (Wildman–Crippen MR) is 105 cm³/mol. The molecule has 0 aliphatic carbocycles. The van der Waals surface area contributed by atoms with Gasteiger partial charge in [0.2, 0.25) is 5.96 Å². The molecule has 1 aliphatic rings. The zero-order valence-electron chi connectivity index (χ0n) is 15.3. The van der Waals surface area contributed by atoms with E-state index in [1.54, 1.807) is 24.3 Å². The lowest BCUT2D eigenvalue weighted by Gasteiger charge is -2.15. The maximum absolute atomic E-state index is 13.0. The van der Waals surface area contributed by atoms with Crippen LogP contribution in [0.25, 0.3) is 0 Å². The Bertz CT molecular complexity index is 879. The number of nitrogens with zero attached hydrogens (tertiary/aromatic N) is 1. The van der Waals surface area contributed by atoms with Crippen LogP contribution in [-0.4, -0.2) is 31.1 Å². The summed E-state index contributed by atoms with van der Waals surface area (Å²) in [6, 6.07) is 10.9. The van der Waals surface area contributed by atoms with Crippen LogP contribution in [0.15, 0.2) is 53.5 Å². The van der Waals surface area contributed by atoms with Crippen molar-refractivity contribution in [2.75, 3.05) is 18.5 Å². The number of rotatable bonds is 4. The highest BCUT2D eigenvalue weighted by atomic mass is 35.5. The smallest absolute Gasteiger partial charge is 0.376 e. The van der Waals surface area contributed by atoms with Gasteiger partial charge >= 0.3 is 6.18 Å². The summed E-state index contributed by atoms with van der Waals surface area (Å²) < 4.78 is 44.4. The molecule has 2 aromatic rings. The largest absolute Gasteiger partial charge is 0.416 e. The number of alkyl halides is 3. The molecule has 0 radical (unpaired) electrons. The van der Waals surface area contributed by atoms with Crippen LogP contribution in [0, 0.1) is 0 Å². The highest BCUT2D eigenvalue weighted by molar-refractivity contribution is 6.30. The van der Waals surface area contributed by atoms with Gasteiger partial charge in [-0.2, -0.15) is 13.2 Å². The Balaban J connectivity index is 1.78. The number of nitrogens with one attached hydrogen (secondary N) is 2. The minimum absolute atomic E-state index is 0.0415. The number of amides is 1. The number of carbonyl (C=O) groups is 1. The van der Waals surface area contributed by atoms with E-state index in [2.05, 4.69) is 15.6 Å². The lowest BCUT2D eigenvalue weighted by atomic mass is 10.2. The fraction of sp³-hybridized carbons (Fsp3) is 0.300. The van der Waals surface area contributed by atoms with Crippen LogP contribution in [0.5, 0.6) is 0 Å². The average Bonchev–Trinajstić information content (AvgIpc) is 3.20. The van der Waals surface area contributed by atoms with Crippen molar-refractivity contribution in [2.45, 2.75) is 25.1 Å². The highest BCUT2D eigenvalue weighted by Gasteiger charge is 2.30. The third kappa shape index (κ3) is 6.20. The number of benzene rings is 2. The first-order valence-electron chi connectivity index (χ1n) is 8.98. The first kappa shape index (κ1) is 21.1. The normalized spacial score (nSPS) is 17.2. The molecule has 0 saturated carbocycles. The third-order valence-corrected chi connectivity index (χ3v) is 4.52. The summed E-state index contributed by atoms with van der Waals surface area (Å²) in [5.74, 6) is -0.424. The summed E-state index contributed by atoms with van der Waals surface area (Å²) in [7, 11) is 0. The predicted octanol–water partition coefficient (Wildman–Crippen LogP) is 4.74. The number of hydrogen-bond acceptors (Lipinski definition) is 3. The van der Waals surface area contributed by atoms with Gasteiger partial charge in [-0.3, -0.25) is 10.1 Å². The first-order valence-corrected chi connectivity index (χ1v) is 9.36. The Hall–Kier alpha value is -2.58. The van der Waals surface area contributed by atoms with E-state index in [4.69, 9.17) is 16.3 Å². The third-order valence-electron chi connectivity index (χ3n) is 4.27. The van der Waals surface area contributed by atoms with Crippen molar-refractivity contribution in [1.82, 2.24) is 5.32 Å². The van der Waals surface area contributed by atoms with Crippen LogP contribution in [0.4, 0.5) is 18.9 Å². The van der Waals surface area contributed by atoms with E-state index in [1.807, 2.05) is 0 Å². The Kier molecular flexibility index (Phi) is 6.76. The zero-order chi connectivity index (χ0) is 20.9. The Morgan fingerprint density at radius 1 is 1.21 bits per heavy atom. The van der Waals surface area contributed by atoms with Gasteiger partial charge in [0.05, 0.1) is 18.2 Å². The molecule has 29 heavy (non-hydrogen) atoms. The number of guanidine groups is 1. The molecule has 2 N–H and O–H groups in total. The van der Waals surface area contributed by atoms with E-state index in [1.165, 1.54) is 12.1 Å². The van der Waals surface area contributed by atoms with Crippen molar-refractivity contribution in [3.8, 4) is 0 Å². The molecule has 2 aromatic carbocycles. The van der Waals surface area contributed by atoms with Crippen molar-refractivity contribution < 1.29 is 22.7 Å². The van der Waals surface area contributed by atoms with Gasteiger partial charge in [-0.15, -0.1) is 0 Å². The second kappa shape index (κ2) is 9.28. The fourth-order valence-electron chi connectivity index (χ4n) is 2.78. The molecule has 1 aliphatic heterocycles. The van der Waals surface area contributed by atoms with Gasteiger partial charge in [0.1, 0.15) is 0 Å². The van der Waals surface area contributed by atoms with E-state index in [0.717, 1.165) is 25.0 Å². The average molecular weight is 426 g/mol. The molecule has 1 heterocycles. The summed E-state index contributed by atoms with van der Waals surface area (Å²) in [5.41, 5.74) is -0.308. The molecular weight excluding hydrogens is 407 g/mol. The molecule has 5 nitrogen and oxygen atoms in total. The van der Waals surface area contributed by atoms with E-state index < -0.39 is 17.6 Å². The maximum Gasteiger partial charge on any atom is 0.416 e. The molecule has 0 bridgehead atoms. The van der Waals surface area contributed by atoms with Crippen molar-refractivity contribution >= 4 is 29.2 Å². The Labute approximate surface area is 170 Å². The van der Waals surface area contributed by atoms with E-state index in [9.17, 15) is 18.0 Å². The summed E-state index contributed by atoms with van der Waals surface area (Å²) >= 11 is 5.83. The van der Waals surface area contributed by atoms with Gasteiger partial charge < -0.3 is 10.1 Å². The second-order valence-electron chi connectivity index (χ2n) is 6.49. The second-order valence-corrected chi connectivity index (χ2v) is 6.93. The van der Waals surface area contributed by atoms with Crippen LogP contribution >= 0.6 is 11.6 Å². The van der Waals surface area contributed by atoms with Crippen molar-refractivity contribution in [1.29, 1.82) is 0 Å². The van der Waals surface area contributed by atoms with Crippen LogP contribution < -0.4 is 10.6 Å². The number of anilines is 1. The number of carbonyl (C=O) groups excluding carboxylic acids is 1. The Morgan fingerprint density at radius 3 is 2.62 bits per heavy atom. The number of ether oxygens (including phenoxy) is 1. The summed E-state index contributed by atoms with van der Waals surface area (Å²) in [5, 5.41) is 5.85. The molecule has 0 aromatic heterocycles. The lowest BCUT2D eigenvalue weighted by molar-refractivity contribution is -0.137. The minimum Gasteiger partial charge on any atom is -0.376 e. The van der Waals surface area contributed by atoms with Gasteiger partial charge in [0.25, 0.3) is 5.91 Å². The number of hydrogen-bond donors (Lipinski definition) is 2. The fourth-order valence-corrected chi connectivity index (χ4v) is 2.91. The molecule has 0 spiro atoms. The molecule has 0 unspecified atom stereocenters. The van der Waals surface area contributed by atoms with Crippen LogP contribution in [0.1, 0.15) is 28.8 Å². The number of halogens is 4. The highest BCUT2D eigenvalue weighted by Crippen LogP contribution is 2.30. The minimum atomic E-state index is -4.47. The first-order chi connectivity index (χ1) is 13.8. The van der Waals surface area contributed by atoms with E-state index >= 15 is 0 Å². The monoisotopic (exact) mass is 425 g/mol. The Morgan fingerprint density at radius 2 is 1.97 bits per heavy atom. The van der Waals surface area contributed by atoms with Gasteiger partial charge in [0.15, 0.2) is 0 Å². The van der Waals surface area contributed by atoms with Gasteiger partial charge in [0, 0.05) is 22.9 Å². The van der Waals surface area contributed by atoms with Gasteiger partial charge in [-0.1, -0.05) is 17.7 Å². The summed E-state index contributed by atoms with van der Waals surface area (Å²) in [4.78, 5) is 16.8. The molecule has 1 saturated heterocycles. The molecule has 1 atom stereocenters. The zero-order valence-corrected chi connectivity index (χ0v) is 16.1. The van der Waals surface area contributed by atoms with Crippen molar-refractivity contribution in [3.05, 3.63) is 64.7 Å². The number of aliphatic imine (C=N–C) groups is 1. The quantitative estimate of drug-likeness (QED) is 0.549. The molecule has 1 fully saturated rings. The van der Waals surface area contributed by atoms with Gasteiger partial charge in [-0.25, -0.2) is 4.99 Å². The molecular formula is C20H19ClF3N3O2. The molecule has 3 rings (SSSR count). The van der Waals surface area contributed by atoms with E-state index in [0.29, 0.717) is 17.2 Å². The molecule has 154 valence electrons. The molecule has 1 amide bonds. The van der Waals surface area contributed by atoms with Crippen LogP contribution in [0.3, 0.4) is 0 Å². The van der Waals surface area contributed by atoms with Crippen LogP contribution in [0.2, 0.25) is 5.02 Å². The lowest BCUT2D eigenvalue weighted by Crippen LogP contribution is -2.36. The SMILES string of the molecule is O=C(NC(=NC[C@@H]1CCCO1)Nc1cccc(C(F)(F)F)c1)c1ccc(Cl)cc1. The van der Waals surface area contributed by atoms with E-state index in [-0.39, 0.29) is 24.3 Å². The summed E-state index contributed by atoms with van der Waals surface area (Å²) in [6.07, 6.45) is -2.79. The topological polar surface area (TPSA) is 62.7 Å². The van der Waals surface area contributed by atoms with Crippen LogP contribution in [-0.2, 0) is 10.9 Å². The van der Waals surface area contributed by atoms with Gasteiger partial charge in [-0.05, 0) is 55.3 Å².